The lowest BCUT2D eigenvalue weighted by atomic mass is 10.2. The number of hydrogen-bond acceptors (Lipinski definition) is 5. The smallest absolute Gasteiger partial charge is 0.145 e. The summed E-state index contributed by atoms with van der Waals surface area (Å²) >= 11 is 0. The molecule has 5 heteroatoms. The molecule has 0 atom stereocenters. The monoisotopic (exact) mass is 320 g/mol. The van der Waals surface area contributed by atoms with Crippen LogP contribution in [0.3, 0.4) is 0 Å². The molecule has 1 N–H and O–H groups in total. The molecule has 2 aromatic carbocycles. The van der Waals surface area contributed by atoms with E-state index in [1.54, 1.807) is 0 Å². The Balaban J connectivity index is 1.67. The highest BCUT2D eigenvalue weighted by molar-refractivity contribution is 5.90. The first-order chi connectivity index (χ1) is 11.9. The first-order valence-electron chi connectivity index (χ1n) is 8.26. The molecule has 0 spiro atoms. The minimum Gasteiger partial charge on any atom is -0.379 e. The lowest BCUT2D eigenvalue weighted by Crippen LogP contribution is -2.36. The van der Waals surface area contributed by atoms with E-state index in [4.69, 9.17) is 14.7 Å². The molecule has 1 aliphatic rings. The molecule has 1 aromatic heterocycles. The van der Waals surface area contributed by atoms with E-state index >= 15 is 0 Å². The predicted octanol–water partition coefficient (Wildman–Crippen LogP) is 3.21. The topological polar surface area (TPSA) is 50.3 Å². The van der Waals surface area contributed by atoms with Crippen LogP contribution in [0, 0.1) is 0 Å². The summed E-state index contributed by atoms with van der Waals surface area (Å²) in [7, 11) is 0. The lowest BCUT2D eigenvalue weighted by Gasteiger charge is -2.26. The van der Waals surface area contributed by atoms with E-state index in [-0.39, 0.29) is 0 Å². The molecule has 4 rings (SSSR count). The van der Waals surface area contributed by atoms with Crippen molar-refractivity contribution in [3.63, 3.8) is 0 Å². The van der Waals surface area contributed by atoms with Crippen LogP contribution in [0.5, 0.6) is 0 Å². The van der Waals surface area contributed by atoms with Gasteiger partial charge in [0.25, 0.3) is 0 Å². The molecule has 1 fully saturated rings. The molecule has 0 amide bonds. The first-order valence-corrected chi connectivity index (χ1v) is 8.26. The van der Waals surface area contributed by atoms with Crippen LogP contribution in [-0.4, -0.2) is 41.2 Å². The van der Waals surface area contributed by atoms with E-state index in [0.29, 0.717) is 0 Å². The van der Waals surface area contributed by atoms with Crippen molar-refractivity contribution in [2.75, 3.05) is 31.6 Å². The van der Waals surface area contributed by atoms with Crippen LogP contribution in [0.25, 0.3) is 10.9 Å². The fourth-order valence-corrected chi connectivity index (χ4v) is 2.91. The van der Waals surface area contributed by atoms with Crippen molar-refractivity contribution in [3.8, 4) is 0 Å². The van der Waals surface area contributed by atoms with Gasteiger partial charge in [0.05, 0.1) is 25.3 Å². The van der Waals surface area contributed by atoms with E-state index in [1.807, 2.05) is 48.5 Å². The number of nitrogens with zero attached hydrogens (tertiary/aromatic N) is 3. The van der Waals surface area contributed by atoms with E-state index in [0.717, 1.165) is 61.1 Å². The Kier molecular flexibility index (Phi) is 4.36. The summed E-state index contributed by atoms with van der Waals surface area (Å²) in [6.07, 6.45) is 0. The molecule has 0 aliphatic carbocycles. The fraction of sp³-hybridized carbons (Fsp3) is 0.263. The van der Waals surface area contributed by atoms with Crippen LogP contribution in [0.4, 0.5) is 11.5 Å². The first kappa shape index (κ1) is 15.1. The summed E-state index contributed by atoms with van der Waals surface area (Å²) in [6.45, 7) is 4.17. The summed E-state index contributed by atoms with van der Waals surface area (Å²) < 4.78 is 5.42. The van der Waals surface area contributed by atoms with E-state index in [2.05, 4.69) is 16.3 Å². The molecule has 0 bridgehead atoms. The maximum Gasteiger partial charge on any atom is 0.145 e. The van der Waals surface area contributed by atoms with Gasteiger partial charge in [-0.05, 0) is 24.3 Å². The zero-order valence-corrected chi connectivity index (χ0v) is 13.5. The Labute approximate surface area is 141 Å². The molecule has 1 saturated heterocycles. The van der Waals surface area contributed by atoms with Gasteiger partial charge in [0.15, 0.2) is 0 Å². The average Bonchev–Trinajstić information content (AvgIpc) is 2.63. The molecular formula is C19H20N4O. The molecular weight excluding hydrogens is 300 g/mol. The van der Waals surface area contributed by atoms with Crippen LogP contribution in [0.15, 0.2) is 54.6 Å². The second kappa shape index (κ2) is 6.95. The number of rotatable bonds is 4. The summed E-state index contributed by atoms with van der Waals surface area (Å²) in [6, 6.07) is 18.2. The van der Waals surface area contributed by atoms with Gasteiger partial charge >= 0.3 is 0 Å². The van der Waals surface area contributed by atoms with Gasteiger partial charge in [-0.1, -0.05) is 30.3 Å². The number of morpholine rings is 1. The van der Waals surface area contributed by atoms with Crippen molar-refractivity contribution in [1.82, 2.24) is 14.9 Å². The Morgan fingerprint density at radius 3 is 2.50 bits per heavy atom. The van der Waals surface area contributed by atoms with Gasteiger partial charge in [-0.3, -0.25) is 4.90 Å². The van der Waals surface area contributed by atoms with Crippen LogP contribution in [-0.2, 0) is 11.3 Å². The molecule has 0 saturated carbocycles. The Morgan fingerprint density at radius 2 is 1.67 bits per heavy atom. The fourth-order valence-electron chi connectivity index (χ4n) is 2.91. The number of anilines is 2. The molecule has 0 radical (unpaired) electrons. The highest BCUT2D eigenvalue weighted by Gasteiger charge is 2.14. The third-order valence-corrected chi connectivity index (χ3v) is 4.15. The predicted molar refractivity (Wildman–Crippen MR) is 95.4 cm³/mol. The van der Waals surface area contributed by atoms with Gasteiger partial charge in [0.2, 0.25) is 0 Å². The van der Waals surface area contributed by atoms with Gasteiger partial charge < -0.3 is 10.1 Å². The Bertz CT molecular complexity index is 816. The van der Waals surface area contributed by atoms with E-state index in [1.165, 1.54) is 0 Å². The average molecular weight is 320 g/mol. The number of ether oxygens (including phenoxy) is 1. The minimum absolute atomic E-state index is 0.748. The SMILES string of the molecule is c1ccc(Nc2nc(CN3CCOCC3)nc3ccccc23)cc1. The summed E-state index contributed by atoms with van der Waals surface area (Å²) in [4.78, 5) is 11.9. The largest absolute Gasteiger partial charge is 0.379 e. The van der Waals surface area contributed by atoms with Crippen LogP contribution < -0.4 is 5.32 Å². The molecule has 2 heterocycles. The van der Waals surface area contributed by atoms with Crippen molar-refractivity contribution in [2.45, 2.75) is 6.54 Å². The third-order valence-electron chi connectivity index (χ3n) is 4.15. The summed E-state index contributed by atoms with van der Waals surface area (Å²) in [5.41, 5.74) is 1.99. The quantitative estimate of drug-likeness (QED) is 0.800. The molecule has 122 valence electrons. The molecule has 3 aromatic rings. The van der Waals surface area contributed by atoms with Crippen molar-refractivity contribution in [2.24, 2.45) is 0 Å². The molecule has 5 nitrogen and oxygen atoms in total. The highest BCUT2D eigenvalue weighted by Crippen LogP contribution is 2.24. The Hall–Kier alpha value is -2.50. The lowest BCUT2D eigenvalue weighted by molar-refractivity contribution is 0.0331. The van der Waals surface area contributed by atoms with Gasteiger partial charge in [0, 0.05) is 24.2 Å². The van der Waals surface area contributed by atoms with E-state index < -0.39 is 0 Å². The second-order valence-electron chi connectivity index (χ2n) is 5.89. The number of fused-ring (bicyclic) bond motifs is 1. The molecule has 1 aliphatic heterocycles. The van der Waals surface area contributed by atoms with E-state index in [9.17, 15) is 0 Å². The zero-order chi connectivity index (χ0) is 16.2. The zero-order valence-electron chi connectivity index (χ0n) is 13.5. The summed E-state index contributed by atoms with van der Waals surface area (Å²) in [5.74, 6) is 1.70. The van der Waals surface area contributed by atoms with Crippen molar-refractivity contribution >= 4 is 22.4 Å². The number of aromatic nitrogens is 2. The van der Waals surface area contributed by atoms with Crippen LogP contribution in [0.2, 0.25) is 0 Å². The minimum atomic E-state index is 0.748. The van der Waals surface area contributed by atoms with Crippen LogP contribution in [0.1, 0.15) is 5.82 Å². The van der Waals surface area contributed by atoms with Crippen molar-refractivity contribution < 1.29 is 4.74 Å². The standard InChI is InChI=1S/C19H20N4O/c1-2-6-15(7-3-1)20-19-16-8-4-5-9-17(16)21-18(22-19)14-23-10-12-24-13-11-23/h1-9H,10-14H2,(H,20,21,22). The molecule has 0 unspecified atom stereocenters. The summed E-state index contributed by atoms with van der Waals surface area (Å²) in [5, 5.41) is 4.46. The third kappa shape index (κ3) is 3.37. The normalized spacial score (nSPS) is 15.5. The second-order valence-corrected chi connectivity index (χ2v) is 5.89. The van der Waals surface area contributed by atoms with Crippen LogP contribution >= 0.6 is 0 Å². The van der Waals surface area contributed by atoms with Gasteiger partial charge in [-0.15, -0.1) is 0 Å². The Morgan fingerprint density at radius 1 is 0.917 bits per heavy atom. The number of para-hydroxylation sites is 2. The number of benzene rings is 2. The maximum atomic E-state index is 5.42. The number of hydrogen-bond donors (Lipinski definition) is 1. The van der Waals surface area contributed by atoms with Gasteiger partial charge in [0.1, 0.15) is 11.6 Å². The van der Waals surface area contributed by atoms with Crippen molar-refractivity contribution in [3.05, 3.63) is 60.4 Å². The molecule has 24 heavy (non-hydrogen) atoms. The maximum absolute atomic E-state index is 5.42. The van der Waals surface area contributed by atoms with Gasteiger partial charge in [-0.25, -0.2) is 9.97 Å². The van der Waals surface area contributed by atoms with Crippen molar-refractivity contribution in [1.29, 1.82) is 0 Å². The van der Waals surface area contributed by atoms with Gasteiger partial charge in [-0.2, -0.15) is 0 Å². The highest BCUT2D eigenvalue weighted by atomic mass is 16.5. The number of nitrogens with one attached hydrogen (secondary N) is 1.